The van der Waals surface area contributed by atoms with E-state index in [0.29, 0.717) is 11.0 Å². The van der Waals surface area contributed by atoms with Crippen molar-refractivity contribution in [1.82, 2.24) is 4.98 Å². The molecule has 1 heterocycles. The van der Waals surface area contributed by atoms with E-state index in [0.717, 1.165) is 23.4 Å². The first-order valence-corrected chi connectivity index (χ1v) is 6.27. The highest BCUT2D eigenvalue weighted by Gasteiger charge is 2.44. The summed E-state index contributed by atoms with van der Waals surface area (Å²) < 4.78 is 0. The number of carbonyl (C=O) groups is 1. The van der Waals surface area contributed by atoms with Gasteiger partial charge in [0.25, 0.3) is 0 Å². The third-order valence-electron chi connectivity index (χ3n) is 3.16. The lowest BCUT2D eigenvalue weighted by Gasteiger charge is -2.22. The van der Waals surface area contributed by atoms with Crippen molar-refractivity contribution in [3.63, 3.8) is 0 Å². The van der Waals surface area contributed by atoms with E-state index in [-0.39, 0.29) is 5.91 Å². The van der Waals surface area contributed by atoms with Gasteiger partial charge in [-0.3, -0.25) is 4.79 Å². The number of nitrogens with zero attached hydrogens (tertiary/aromatic N) is 1. The largest absolute Gasteiger partial charge is 0.317 e. The second-order valence-corrected chi connectivity index (χ2v) is 5.87. The number of aryl methyl sites for hydroxylation is 2. The maximum Gasteiger partial charge on any atom is 0.246 e. The summed E-state index contributed by atoms with van der Waals surface area (Å²) in [6.45, 7) is 5.72. The highest BCUT2D eigenvalue weighted by atomic mass is 32.1. The van der Waals surface area contributed by atoms with Gasteiger partial charge in [0.15, 0.2) is 5.13 Å². The Bertz CT molecular complexity index is 401. The van der Waals surface area contributed by atoms with Gasteiger partial charge in [-0.2, -0.15) is 0 Å². The van der Waals surface area contributed by atoms with Crippen LogP contribution < -0.4 is 11.1 Å². The molecule has 1 amide bonds. The van der Waals surface area contributed by atoms with Crippen LogP contribution in [-0.4, -0.2) is 16.4 Å². The van der Waals surface area contributed by atoms with Gasteiger partial charge in [-0.25, -0.2) is 4.98 Å². The Labute approximate surface area is 99.3 Å². The molecule has 1 saturated carbocycles. The summed E-state index contributed by atoms with van der Waals surface area (Å²) in [5.41, 5.74) is 6.23. The summed E-state index contributed by atoms with van der Waals surface area (Å²) in [6.07, 6.45) is 2.10. The third-order valence-corrected chi connectivity index (χ3v) is 4.15. The molecule has 0 radical (unpaired) electrons. The molecule has 1 aliphatic rings. The van der Waals surface area contributed by atoms with Crippen molar-refractivity contribution in [2.75, 3.05) is 5.32 Å². The zero-order valence-electron chi connectivity index (χ0n) is 9.83. The number of nitrogens with one attached hydrogen (secondary N) is 1. The fourth-order valence-corrected chi connectivity index (χ4v) is 2.44. The summed E-state index contributed by atoms with van der Waals surface area (Å²) in [7, 11) is 0. The molecular weight excluding hydrogens is 222 g/mol. The van der Waals surface area contributed by atoms with Crippen LogP contribution in [0.15, 0.2) is 0 Å². The number of rotatable bonds is 3. The van der Waals surface area contributed by atoms with Gasteiger partial charge in [-0.15, -0.1) is 11.3 Å². The predicted molar refractivity (Wildman–Crippen MR) is 65.5 cm³/mol. The van der Waals surface area contributed by atoms with Gasteiger partial charge in [0, 0.05) is 4.88 Å². The molecule has 0 aliphatic heterocycles. The molecule has 2 rings (SSSR count). The molecule has 0 bridgehead atoms. The van der Waals surface area contributed by atoms with Gasteiger partial charge in [0.05, 0.1) is 11.2 Å². The second-order valence-electron chi connectivity index (χ2n) is 4.67. The van der Waals surface area contributed by atoms with E-state index >= 15 is 0 Å². The number of anilines is 1. The van der Waals surface area contributed by atoms with E-state index in [9.17, 15) is 4.79 Å². The van der Waals surface area contributed by atoms with E-state index in [2.05, 4.69) is 10.3 Å². The molecule has 1 unspecified atom stereocenters. The van der Waals surface area contributed by atoms with Crippen molar-refractivity contribution < 1.29 is 4.79 Å². The van der Waals surface area contributed by atoms with Crippen LogP contribution in [0.1, 0.15) is 30.3 Å². The Kier molecular flexibility index (Phi) is 2.75. The molecular formula is C11H17N3OS. The van der Waals surface area contributed by atoms with Crippen LogP contribution in [0.25, 0.3) is 0 Å². The number of hydrogen-bond acceptors (Lipinski definition) is 4. The lowest BCUT2D eigenvalue weighted by Crippen LogP contribution is -2.50. The summed E-state index contributed by atoms with van der Waals surface area (Å²) >= 11 is 1.49. The van der Waals surface area contributed by atoms with E-state index < -0.39 is 5.54 Å². The van der Waals surface area contributed by atoms with Crippen LogP contribution in [0.5, 0.6) is 0 Å². The average Bonchev–Trinajstić information content (AvgIpc) is 2.96. The standard InChI is InChI=1S/C11H17N3OS/c1-6-7(2)16-10(13-6)14-9(15)11(3,12)8-4-5-8/h8H,4-5,12H2,1-3H3,(H,13,14,15). The molecule has 88 valence electrons. The van der Waals surface area contributed by atoms with Gasteiger partial charge in [0.1, 0.15) is 0 Å². The summed E-state index contributed by atoms with van der Waals surface area (Å²) in [4.78, 5) is 17.4. The van der Waals surface area contributed by atoms with Crippen LogP contribution in [-0.2, 0) is 4.79 Å². The molecule has 1 fully saturated rings. The fourth-order valence-electron chi connectivity index (χ4n) is 1.63. The van der Waals surface area contributed by atoms with Crippen LogP contribution in [0, 0.1) is 19.8 Å². The number of nitrogens with two attached hydrogens (primary N) is 1. The van der Waals surface area contributed by atoms with Gasteiger partial charge < -0.3 is 11.1 Å². The van der Waals surface area contributed by atoms with Crippen molar-refractivity contribution in [2.45, 2.75) is 39.2 Å². The van der Waals surface area contributed by atoms with E-state index in [1.807, 2.05) is 13.8 Å². The molecule has 3 N–H and O–H groups in total. The van der Waals surface area contributed by atoms with Crippen molar-refractivity contribution in [3.05, 3.63) is 10.6 Å². The monoisotopic (exact) mass is 239 g/mol. The van der Waals surface area contributed by atoms with Crippen LogP contribution >= 0.6 is 11.3 Å². The van der Waals surface area contributed by atoms with Gasteiger partial charge in [-0.1, -0.05) is 0 Å². The van der Waals surface area contributed by atoms with Gasteiger partial charge >= 0.3 is 0 Å². The van der Waals surface area contributed by atoms with Crippen molar-refractivity contribution in [3.8, 4) is 0 Å². The van der Waals surface area contributed by atoms with Crippen molar-refractivity contribution in [2.24, 2.45) is 11.7 Å². The van der Waals surface area contributed by atoms with E-state index in [1.165, 1.54) is 11.3 Å². The number of carbonyl (C=O) groups excluding carboxylic acids is 1. The molecule has 1 aromatic heterocycles. The Morgan fingerprint density at radius 1 is 1.56 bits per heavy atom. The predicted octanol–water partition coefficient (Wildman–Crippen LogP) is 1.83. The molecule has 16 heavy (non-hydrogen) atoms. The highest BCUT2D eigenvalue weighted by Crippen LogP contribution is 2.38. The first-order valence-electron chi connectivity index (χ1n) is 5.45. The van der Waals surface area contributed by atoms with Gasteiger partial charge in [-0.05, 0) is 39.5 Å². The quantitative estimate of drug-likeness (QED) is 0.845. The number of hydrogen-bond donors (Lipinski definition) is 2. The minimum absolute atomic E-state index is 0.122. The number of thiazole rings is 1. The first-order chi connectivity index (χ1) is 7.41. The summed E-state index contributed by atoms with van der Waals surface area (Å²) in [5.74, 6) is 0.207. The first kappa shape index (κ1) is 11.5. The van der Waals surface area contributed by atoms with E-state index in [1.54, 1.807) is 6.92 Å². The van der Waals surface area contributed by atoms with Crippen molar-refractivity contribution in [1.29, 1.82) is 0 Å². The maximum atomic E-state index is 12.0. The molecule has 1 aromatic rings. The lowest BCUT2D eigenvalue weighted by atomic mass is 9.96. The summed E-state index contributed by atoms with van der Waals surface area (Å²) in [5, 5.41) is 3.46. The Morgan fingerprint density at radius 3 is 2.62 bits per heavy atom. The average molecular weight is 239 g/mol. The summed E-state index contributed by atoms with van der Waals surface area (Å²) in [6, 6.07) is 0. The smallest absolute Gasteiger partial charge is 0.246 e. The molecule has 0 aromatic carbocycles. The Hall–Kier alpha value is -0.940. The van der Waals surface area contributed by atoms with Crippen LogP contribution in [0.4, 0.5) is 5.13 Å². The van der Waals surface area contributed by atoms with Gasteiger partial charge in [0.2, 0.25) is 5.91 Å². The molecule has 4 nitrogen and oxygen atoms in total. The molecule has 1 aliphatic carbocycles. The maximum absolute atomic E-state index is 12.0. The number of amides is 1. The minimum Gasteiger partial charge on any atom is -0.317 e. The van der Waals surface area contributed by atoms with Crippen LogP contribution in [0.3, 0.4) is 0 Å². The zero-order valence-corrected chi connectivity index (χ0v) is 10.6. The molecule has 1 atom stereocenters. The minimum atomic E-state index is -0.756. The molecule has 0 saturated heterocycles. The Balaban J connectivity index is 2.07. The normalized spacial score (nSPS) is 19.2. The molecule has 0 spiro atoms. The van der Waals surface area contributed by atoms with Crippen LogP contribution in [0.2, 0.25) is 0 Å². The fraction of sp³-hybridized carbons (Fsp3) is 0.636. The van der Waals surface area contributed by atoms with Crippen molar-refractivity contribution >= 4 is 22.4 Å². The van der Waals surface area contributed by atoms with E-state index in [4.69, 9.17) is 5.73 Å². The highest BCUT2D eigenvalue weighted by molar-refractivity contribution is 7.15. The lowest BCUT2D eigenvalue weighted by molar-refractivity contribution is -0.121. The number of aromatic nitrogens is 1. The Morgan fingerprint density at radius 2 is 2.19 bits per heavy atom. The topological polar surface area (TPSA) is 68.0 Å². The molecule has 5 heteroatoms. The second kappa shape index (κ2) is 3.82. The third kappa shape index (κ3) is 2.10. The zero-order chi connectivity index (χ0) is 11.9. The SMILES string of the molecule is Cc1nc(NC(=O)C(C)(N)C2CC2)sc1C.